The zero-order chi connectivity index (χ0) is 69.0. The highest BCUT2D eigenvalue weighted by Gasteiger charge is 2.40. The lowest BCUT2D eigenvalue weighted by molar-refractivity contribution is -0.142. The highest BCUT2D eigenvalue weighted by molar-refractivity contribution is 6.00. The molecule has 3 heterocycles. The summed E-state index contributed by atoms with van der Waals surface area (Å²) in [4.78, 5) is 166. The van der Waals surface area contributed by atoms with Gasteiger partial charge in [-0.1, -0.05) is 98.8 Å². The minimum absolute atomic E-state index is 0.0174. The van der Waals surface area contributed by atoms with Gasteiger partial charge in [-0.25, -0.2) is 15.2 Å². The summed E-state index contributed by atoms with van der Waals surface area (Å²) in [6.07, 6.45) is 5.65. The van der Waals surface area contributed by atoms with Crippen molar-refractivity contribution in [2.45, 2.75) is 145 Å². The molecule has 0 spiro atoms. The number of phenols is 1. The molecule has 3 aliphatic rings. The first-order valence-electron chi connectivity index (χ1n) is 31.8. The number of hydrogen-bond acceptors (Lipinski definition) is 15. The largest absolute Gasteiger partial charge is 0.508 e. The van der Waals surface area contributed by atoms with Crippen LogP contribution in [0, 0.1) is 5.92 Å². The fourth-order valence-electron chi connectivity index (χ4n) is 11.8. The number of aliphatic hydroxyl groups excluding tert-OH is 1. The van der Waals surface area contributed by atoms with Crippen molar-refractivity contribution < 1.29 is 63.0 Å². The number of carbonyl (C=O) groups is 11. The molecule has 0 bridgehead atoms. The Morgan fingerprint density at radius 2 is 1.25 bits per heavy atom. The van der Waals surface area contributed by atoms with Crippen molar-refractivity contribution in [2.75, 3.05) is 19.7 Å². The van der Waals surface area contributed by atoms with Gasteiger partial charge in [-0.3, -0.25) is 58.4 Å². The number of aliphatic hydroxyl groups is 1. The molecule has 8 rings (SSSR count). The monoisotopic (exact) mass is 1320 g/mol. The number of nitrogens with zero attached hydrogens (tertiary/aromatic N) is 3. The maximum Gasteiger partial charge on any atom is 0.330 e. The van der Waals surface area contributed by atoms with Crippen LogP contribution < -0.4 is 70.6 Å². The number of benzene rings is 4. The van der Waals surface area contributed by atoms with Gasteiger partial charge >= 0.3 is 6.03 Å². The number of primary amides is 1. The Hall–Kier alpha value is -10.9. The van der Waals surface area contributed by atoms with Crippen LogP contribution in [0.15, 0.2) is 115 Å². The Morgan fingerprint density at radius 3 is 1.89 bits per heavy atom. The van der Waals surface area contributed by atoms with E-state index in [0.29, 0.717) is 35.2 Å². The zero-order valence-corrected chi connectivity index (χ0v) is 53.2. The number of hydrazine groups is 1. The predicted octanol–water partition coefficient (Wildman–Crippen LogP) is -1.22. The molecule has 2 fully saturated rings. The van der Waals surface area contributed by atoms with Gasteiger partial charge in [-0.05, 0) is 102 Å². The lowest BCUT2D eigenvalue weighted by Crippen LogP contribution is -2.61. The normalized spacial score (nSPS) is 16.9. The molecule has 12 amide bonds. The minimum atomic E-state index is -1.79. The fourth-order valence-corrected chi connectivity index (χ4v) is 11.8. The number of aromatic nitrogens is 2. The van der Waals surface area contributed by atoms with Crippen LogP contribution in [0.25, 0.3) is 16.3 Å². The van der Waals surface area contributed by atoms with Crippen molar-refractivity contribution in [3.63, 3.8) is 0 Å². The second-order valence-corrected chi connectivity index (χ2v) is 24.3. The van der Waals surface area contributed by atoms with Crippen LogP contribution >= 0.6 is 0 Å². The van der Waals surface area contributed by atoms with Crippen LogP contribution in [0.4, 0.5) is 4.79 Å². The van der Waals surface area contributed by atoms with Gasteiger partial charge in [-0.15, -0.1) is 0 Å². The molecule has 1 aliphatic carbocycles. The molecule has 4 aromatic carbocycles. The van der Waals surface area contributed by atoms with E-state index in [4.69, 9.17) is 17.2 Å². The Balaban J connectivity index is 1.05. The second-order valence-electron chi connectivity index (χ2n) is 24.3. The highest BCUT2D eigenvalue weighted by atomic mass is 16.3. The van der Waals surface area contributed by atoms with Crippen molar-refractivity contribution in [2.24, 2.45) is 28.1 Å². The number of guanidine groups is 1. The summed E-state index contributed by atoms with van der Waals surface area (Å²) < 4.78 is 0. The maximum absolute atomic E-state index is 15.1. The number of allylic oxidation sites excluding steroid dienone is 1. The third kappa shape index (κ3) is 20.1. The van der Waals surface area contributed by atoms with E-state index in [0.717, 1.165) is 21.9 Å². The van der Waals surface area contributed by atoms with E-state index in [1.54, 1.807) is 19.9 Å². The Morgan fingerprint density at radius 1 is 0.656 bits per heavy atom. The second kappa shape index (κ2) is 33.8. The van der Waals surface area contributed by atoms with Crippen LogP contribution in [-0.2, 0) is 73.6 Å². The molecule has 510 valence electrons. The Labute approximate surface area is 552 Å². The number of amides is 12. The molecule has 0 radical (unpaired) electrons. The molecule has 0 saturated carbocycles. The zero-order valence-electron chi connectivity index (χ0n) is 53.2. The quantitative estimate of drug-likeness (QED) is 0.0107. The number of H-pyrrole nitrogens is 1. The fraction of sp³-hybridized carbons (Fsp3) is 0.409. The number of carbonyl (C=O) groups excluding carboxylic acids is 11. The van der Waals surface area contributed by atoms with E-state index in [2.05, 4.69) is 62.9 Å². The SMILES string of the molecule is CC(C)C[C@H](NC(=O)[C@@H](Cc1ccc2ccccc2c1)NC(=O)[C@H](Cc1ccc(O)cc1)NC(=O)[C@H](CO)NC(=O)[C@H](CC1=CCc2ccccc21)NC(=O)[C@H](Cc1cnc[nH]1)NC(=O)[C@@H]1CCC(=O)N1)C(=O)N[C@@H](CCCN=C(N)N)C(=O)N1CCC[C@H]1C(=O)NNC(N)=O. The number of nitrogens with one attached hydrogen (secondary N) is 11. The van der Waals surface area contributed by atoms with Crippen LogP contribution in [0.5, 0.6) is 5.75 Å². The van der Waals surface area contributed by atoms with Crippen LogP contribution in [0.1, 0.15) is 93.2 Å². The number of aromatic hydroxyl groups is 1. The van der Waals surface area contributed by atoms with Crippen molar-refractivity contribution in [3.05, 3.63) is 138 Å². The topological polar surface area (TPSA) is 471 Å². The lowest BCUT2D eigenvalue weighted by Gasteiger charge is -2.30. The first kappa shape index (κ1) is 70.9. The average Bonchev–Trinajstić information content (AvgIpc) is 1.91. The molecular formula is C66H83N17O13. The van der Waals surface area contributed by atoms with Gasteiger partial charge in [0.2, 0.25) is 53.2 Å². The molecule has 19 N–H and O–H groups in total. The number of nitrogens with two attached hydrogens (primary N) is 3. The summed E-state index contributed by atoms with van der Waals surface area (Å²) in [5.41, 5.74) is 24.4. The maximum atomic E-state index is 15.1. The van der Waals surface area contributed by atoms with Gasteiger partial charge in [0.15, 0.2) is 5.96 Å². The van der Waals surface area contributed by atoms with Crippen LogP contribution in [0.2, 0.25) is 0 Å². The molecule has 0 unspecified atom stereocenters. The summed E-state index contributed by atoms with van der Waals surface area (Å²) in [7, 11) is 0. The third-order valence-electron chi connectivity index (χ3n) is 16.7. The Bertz CT molecular complexity index is 3710. The molecule has 96 heavy (non-hydrogen) atoms. The molecule has 2 aliphatic heterocycles. The number of rotatable bonds is 31. The average molecular weight is 1320 g/mol. The lowest BCUT2D eigenvalue weighted by atomic mass is 9.98. The van der Waals surface area contributed by atoms with Crippen molar-refractivity contribution in [1.82, 2.24) is 68.3 Å². The third-order valence-corrected chi connectivity index (χ3v) is 16.7. The van der Waals surface area contributed by atoms with E-state index in [-0.39, 0.29) is 101 Å². The number of imidazole rings is 1. The van der Waals surface area contributed by atoms with Crippen LogP contribution in [-0.4, -0.2) is 170 Å². The van der Waals surface area contributed by atoms with E-state index >= 15 is 9.59 Å². The van der Waals surface area contributed by atoms with E-state index in [9.17, 15) is 53.4 Å². The van der Waals surface area contributed by atoms with Crippen molar-refractivity contribution in [1.29, 1.82) is 0 Å². The number of aliphatic imine (C=N–C) groups is 1. The molecule has 2 saturated heterocycles. The summed E-state index contributed by atoms with van der Waals surface area (Å²) in [6, 6.07) is 12.7. The molecule has 30 nitrogen and oxygen atoms in total. The number of likely N-dealkylation sites (tertiary alicyclic amines) is 1. The summed E-state index contributed by atoms with van der Waals surface area (Å²) in [5.74, 6) is -8.31. The highest BCUT2D eigenvalue weighted by Crippen LogP contribution is 2.31. The van der Waals surface area contributed by atoms with Crippen LogP contribution in [0.3, 0.4) is 0 Å². The molecule has 30 heteroatoms. The molecule has 1 aromatic heterocycles. The standard InChI is InChI=1S/C66H83N17O13/c1-36(2)27-48(57(88)74-47(13-7-25-71-65(67)68)64(95)83-26-8-14-54(83)63(94)81-82-66(69)96)75-59(90)50(30-38-15-18-39-9-3-4-11-41(39)28-38)76-58(89)49(29-37-16-21-44(85)22-17-37)77-62(93)53(34-84)80-60(91)51(31-42-20-19-40-10-5-6-12-45(40)42)78-61(92)52(32-43-33-70-35-72-43)79-56(87)46-23-24-55(86)73-46/h3-6,9-12,15-18,20-22,28,33,35-36,46-54,84-85H,7-8,13-14,19,23-27,29-32,34H2,1-2H3,(H,70,72)(H,73,86)(H,74,88)(H,75,90)(H,76,89)(H,77,93)(H,78,92)(H,79,87)(H,80,91)(H,81,94)(H4,67,68,71)(H3,69,82,96)/t46-,47-,48-,49-,50+,51-,52-,53-,54-/m0/s1. The smallest absolute Gasteiger partial charge is 0.330 e. The first-order chi connectivity index (χ1) is 46.0. The molecule has 9 atom stereocenters. The van der Waals surface area contributed by atoms with E-state index < -0.39 is 120 Å². The van der Waals surface area contributed by atoms with E-state index in [1.807, 2.05) is 72.2 Å². The van der Waals surface area contributed by atoms with Gasteiger partial charge in [0, 0.05) is 57.1 Å². The van der Waals surface area contributed by atoms with Crippen molar-refractivity contribution >= 4 is 87.4 Å². The number of hydrogen-bond donors (Lipinski definition) is 16. The minimum Gasteiger partial charge on any atom is -0.508 e. The number of urea groups is 1. The van der Waals surface area contributed by atoms with Gasteiger partial charge < -0.3 is 79.8 Å². The first-order valence-corrected chi connectivity index (χ1v) is 31.8. The Kier molecular flexibility index (Phi) is 25.0. The van der Waals surface area contributed by atoms with Crippen molar-refractivity contribution in [3.8, 4) is 5.75 Å². The molecular weight excluding hydrogens is 1240 g/mol. The van der Waals surface area contributed by atoms with E-state index in [1.165, 1.54) is 41.7 Å². The van der Waals surface area contributed by atoms with Gasteiger partial charge in [0.1, 0.15) is 60.1 Å². The van der Waals surface area contributed by atoms with Gasteiger partial charge in [-0.2, -0.15) is 0 Å². The summed E-state index contributed by atoms with van der Waals surface area (Å²) >= 11 is 0. The summed E-state index contributed by atoms with van der Waals surface area (Å²) in [5, 5.41) is 44.5. The number of aromatic amines is 1. The number of phenolic OH excluding ortho intramolecular Hbond substituents is 1. The number of fused-ring (bicyclic) bond motifs is 2. The summed E-state index contributed by atoms with van der Waals surface area (Å²) in [6.45, 7) is 2.77. The molecule has 5 aromatic rings. The predicted molar refractivity (Wildman–Crippen MR) is 351 cm³/mol. The van der Waals surface area contributed by atoms with Gasteiger partial charge in [0.25, 0.3) is 5.91 Å². The van der Waals surface area contributed by atoms with Gasteiger partial charge in [0.05, 0.1) is 12.9 Å².